The van der Waals surface area contributed by atoms with E-state index in [0.717, 1.165) is 16.5 Å². The third kappa shape index (κ3) is 2.28. The minimum atomic E-state index is -0.0461. The normalized spacial score (nSPS) is 11.6. The fourth-order valence-electron chi connectivity index (χ4n) is 5.00. The molecule has 0 saturated heterocycles. The van der Waals surface area contributed by atoms with Crippen LogP contribution in [0.1, 0.15) is 11.5 Å². The Kier molecular flexibility index (Phi) is 3.35. The molecule has 0 aliphatic heterocycles. The van der Waals surface area contributed by atoms with Gasteiger partial charge in [-0.2, -0.15) is 10.5 Å². The van der Waals surface area contributed by atoms with E-state index in [4.69, 9.17) is 4.42 Å². The monoisotopic (exact) mass is 420 g/mol. The lowest BCUT2D eigenvalue weighted by atomic mass is 9.94. The minimum absolute atomic E-state index is 0.0461. The third-order valence-electron chi connectivity index (χ3n) is 6.38. The third-order valence-corrected chi connectivity index (χ3v) is 6.38. The highest BCUT2D eigenvalue weighted by molar-refractivity contribution is 6.19. The maximum absolute atomic E-state index is 9.45. The molecule has 0 atom stereocenters. The van der Waals surface area contributed by atoms with Gasteiger partial charge in [0.15, 0.2) is 11.3 Å². The predicted octanol–water partition coefficient (Wildman–Crippen LogP) is 6.59. The van der Waals surface area contributed by atoms with Crippen LogP contribution < -0.4 is 0 Å². The van der Waals surface area contributed by atoms with Gasteiger partial charge in [0.05, 0.1) is 0 Å². The number of fused-ring (bicyclic) bond motifs is 6. The summed E-state index contributed by atoms with van der Waals surface area (Å²) in [6.07, 6.45) is 0. The van der Waals surface area contributed by atoms with Crippen LogP contribution in [-0.2, 0) is 0 Å². The second kappa shape index (κ2) is 6.26. The zero-order valence-corrected chi connectivity index (χ0v) is 17.1. The molecule has 5 nitrogen and oxygen atoms in total. The molecule has 0 radical (unpaired) electrons. The van der Waals surface area contributed by atoms with E-state index in [1.165, 1.54) is 33.0 Å². The van der Waals surface area contributed by atoms with Crippen LogP contribution in [0.2, 0.25) is 0 Å². The Balaban J connectivity index is 1.52. The maximum Gasteiger partial charge on any atom is 0.234 e. The highest BCUT2D eigenvalue weighted by Crippen LogP contribution is 2.49. The van der Waals surface area contributed by atoms with Crippen molar-refractivity contribution in [2.45, 2.75) is 0 Å². The highest BCUT2D eigenvalue weighted by Gasteiger charge is 2.22. The number of nitriles is 2. The van der Waals surface area contributed by atoms with Gasteiger partial charge in [-0.3, -0.25) is 0 Å². The van der Waals surface area contributed by atoms with Crippen molar-refractivity contribution in [3.8, 4) is 45.5 Å². The average molecular weight is 420 g/mol. The van der Waals surface area contributed by atoms with Crippen molar-refractivity contribution in [1.29, 1.82) is 10.5 Å². The van der Waals surface area contributed by atoms with Gasteiger partial charge in [-0.25, -0.2) is 9.97 Å². The topological polar surface area (TPSA) is 86.5 Å². The molecule has 0 fully saturated rings. The number of rotatable bonds is 1. The van der Waals surface area contributed by atoms with Crippen molar-refractivity contribution in [3.63, 3.8) is 0 Å². The smallest absolute Gasteiger partial charge is 0.234 e. The maximum atomic E-state index is 9.45. The molecule has 33 heavy (non-hydrogen) atoms. The van der Waals surface area contributed by atoms with Crippen LogP contribution in [0.15, 0.2) is 77.2 Å². The molecule has 0 saturated carbocycles. The van der Waals surface area contributed by atoms with Crippen molar-refractivity contribution in [2.24, 2.45) is 0 Å². The average Bonchev–Trinajstić information content (AvgIpc) is 3.40. The number of nitrogens with zero attached hydrogens (tertiary/aromatic N) is 4. The standard InChI is InChI=1S/C28H12N4O/c29-13-23-28-27(32-25(14-30)31-23)22-12-15(8-11-24(22)33-28)16-9-10-21-18-5-2-1-4-17(18)20-7-3-6-19(16)26(20)21/h1-12H. The van der Waals surface area contributed by atoms with Crippen molar-refractivity contribution in [2.75, 3.05) is 0 Å². The molecule has 0 amide bonds. The predicted molar refractivity (Wildman–Crippen MR) is 126 cm³/mol. The van der Waals surface area contributed by atoms with Gasteiger partial charge in [-0.15, -0.1) is 0 Å². The van der Waals surface area contributed by atoms with Crippen LogP contribution in [0.3, 0.4) is 0 Å². The Morgan fingerprint density at radius 3 is 2.21 bits per heavy atom. The number of benzene rings is 4. The lowest BCUT2D eigenvalue weighted by molar-refractivity contribution is 0.663. The van der Waals surface area contributed by atoms with Gasteiger partial charge in [0, 0.05) is 5.39 Å². The summed E-state index contributed by atoms with van der Waals surface area (Å²) in [4.78, 5) is 8.31. The van der Waals surface area contributed by atoms with E-state index in [0.29, 0.717) is 16.7 Å². The SMILES string of the molecule is N#Cc1nc(C#N)c2oc3ccc(-c4ccc5c6c(cccc46)-c4ccccc4-5)cc3c2n1. The number of hydrogen-bond acceptors (Lipinski definition) is 5. The van der Waals surface area contributed by atoms with Gasteiger partial charge in [0.2, 0.25) is 5.82 Å². The Morgan fingerprint density at radius 2 is 1.42 bits per heavy atom. The van der Waals surface area contributed by atoms with Crippen LogP contribution in [0.25, 0.3) is 66.2 Å². The highest BCUT2D eigenvalue weighted by atomic mass is 16.3. The summed E-state index contributed by atoms with van der Waals surface area (Å²) in [5.41, 5.74) is 8.60. The minimum Gasteiger partial charge on any atom is -0.451 e. The van der Waals surface area contributed by atoms with Crippen LogP contribution in [0, 0.1) is 22.7 Å². The van der Waals surface area contributed by atoms with Gasteiger partial charge in [-0.05, 0) is 56.3 Å². The molecule has 0 spiro atoms. The fraction of sp³-hybridized carbons (Fsp3) is 0. The second-order valence-corrected chi connectivity index (χ2v) is 8.04. The van der Waals surface area contributed by atoms with Gasteiger partial charge < -0.3 is 4.42 Å². The Hall–Kier alpha value is -5.00. The van der Waals surface area contributed by atoms with Crippen molar-refractivity contribution < 1.29 is 4.42 Å². The molecule has 5 heteroatoms. The summed E-state index contributed by atoms with van der Waals surface area (Å²) in [6.45, 7) is 0. The van der Waals surface area contributed by atoms with E-state index < -0.39 is 0 Å². The lowest BCUT2D eigenvalue weighted by Gasteiger charge is -2.10. The molecule has 7 rings (SSSR count). The first-order valence-corrected chi connectivity index (χ1v) is 10.5. The molecule has 4 aromatic carbocycles. The molecule has 0 N–H and O–H groups in total. The molecule has 2 aromatic heterocycles. The van der Waals surface area contributed by atoms with Crippen molar-refractivity contribution >= 4 is 32.8 Å². The van der Waals surface area contributed by atoms with E-state index in [1.54, 1.807) is 0 Å². The molecule has 1 aliphatic rings. The van der Waals surface area contributed by atoms with Gasteiger partial charge in [0.25, 0.3) is 0 Å². The van der Waals surface area contributed by atoms with Gasteiger partial charge in [0.1, 0.15) is 23.2 Å². The lowest BCUT2D eigenvalue weighted by Crippen LogP contribution is -1.93. The van der Waals surface area contributed by atoms with E-state index in [9.17, 15) is 10.5 Å². The quantitative estimate of drug-likeness (QED) is 0.299. The first kappa shape index (κ1) is 17.7. The largest absolute Gasteiger partial charge is 0.451 e. The number of furan rings is 1. The first-order chi connectivity index (χ1) is 16.3. The Morgan fingerprint density at radius 1 is 0.667 bits per heavy atom. The van der Waals surface area contributed by atoms with Crippen molar-refractivity contribution in [3.05, 3.63) is 84.3 Å². The van der Waals surface area contributed by atoms with Crippen LogP contribution in [0.5, 0.6) is 0 Å². The molecule has 6 aromatic rings. The summed E-state index contributed by atoms with van der Waals surface area (Å²) in [5, 5.41) is 21.9. The number of hydrogen-bond donors (Lipinski definition) is 0. The zero-order chi connectivity index (χ0) is 22.1. The van der Waals surface area contributed by atoms with Crippen LogP contribution in [-0.4, -0.2) is 9.97 Å². The zero-order valence-electron chi connectivity index (χ0n) is 17.1. The van der Waals surface area contributed by atoms with E-state index >= 15 is 0 Å². The molecular formula is C28H12N4O. The Bertz CT molecular complexity index is 1870. The summed E-state index contributed by atoms with van der Waals surface area (Å²) in [6, 6.07) is 29.1. The second-order valence-electron chi connectivity index (χ2n) is 8.04. The van der Waals surface area contributed by atoms with Crippen LogP contribution in [0.4, 0.5) is 0 Å². The van der Waals surface area contributed by atoms with E-state index in [1.807, 2.05) is 30.3 Å². The first-order valence-electron chi connectivity index (χ1n) is 10.5. The van der Waals surface area contributed by atoms with E-state index in [-0.39, 0.29) is 11.5 Å². The number of aromatic nitrogens is 2. The van der Waals surface area contributed by atoms with Crippen LogP contribution >= 0.6 is 0 Å². The molecule has 2 heterocycles. The van der Waals surface area contributed by atoms with E-state index in [2.05, 4.69) is 64.6 Å². The Labute approximate surface area is 187 Å². The molecule has 0 bridgehead atoms. The molecule has 1 aliphatic carbocycles. The summed E-state index contributed by atoms with van der Waals surface area (Å²) in [7, 11) is 0. The van der Waals surface area contributed by atoms with Gasteiger partial charge >= 0.3 is 0 Å². The summed E-state index contributed by atoms with van der Waals surface area (Å²) < 4.78 is 5.89. The molecular weight excluding hydrogens is 408 g/mol. The molecule has 150 valence electrons. The summed E-state index contributed by atoms with van der Waals surface area (Å²) in [5.74, 6) is -0.0461. The summed E-state index contributed by atoms with van der Waals surface area (Å²) >= 11 is 0. The van der Waals surface area contributed by atoms with Gasteiger partial charge in [-0.1, -0.05) is 60.7 Å². The molecule has 0 unspecified atom stereocenters. The fourth-order valence-corrected chi connectivity index (χ4v) is 5.00. The van der Waals surface area contributed by atoms with Crippen molar-refractivity contribution in [1.82, 2.24) is 9.97 Å².